The molecule has 0 saturated heterocycles. The van der Waals surface area contributed by atoms with Crippen LogP contribution in [0, 0.1) is 0 Å². The van der Waals surface area contributed by atoms with Gasteiger partial charge in [-0.3, -0.25) is 14.5 Å². The third-order valence-electron chi connectivity index (χ3n) is 6.88. The lowest BCUT2D eigenvalue weighted by Gasteiger charge is -2.14. The molecule has 2 aliphatic rings. The Bertz CT molecular complexity index is 1690. The molecule has 3 heterocycles. The number of aromatic nitrogens is 2. The number of pyridine rings is 2. The van der Waals surface area contributed by atoms with Crippen LogP contribution in [0.1, 0.15) is 18.4 Å². The number of carbonyl (C=O) groups excluding carboxylic acids is 1. The lowest BCUT2D eigenvalue weighted by Crippen LogP contribution is -2.28. The van der Waals surface area contributed by atoms with Crippen LogP contribution in [0.5, 0.6) is 5.88 Å². The average molecular weight is 521 g/mol. The van der Waals surface area contributed by atoms with Gasteiger partial charge < -0.3 is 9.64 Å². The van der Waals surface area contributed by atoms with E-state index in [0.717, 1.165) is 40.6 Å². The van der Waals surface area contributed by atoms with Gasteiger partial charge in [0.05, 0.1) is 34.8 Å². The Kier molecular flexibility index (Phi) is 5.00. The first kappa shape index (κ1) is 22.8. The molecule has 1 saturated carbocycles. The van der Waals surface area contributed by atoms with Crippen molar-refractivity contribution in [2.24, 2.45) is 0 Å². The number of nitrogens with zero attached hydrogens (tertiary/aromatic N) is 3. The van der Waals surface area contributed by atoms with Crippen molar-refractivity contribution >= 4 is 49.8 Å². The van der Waals surface area contributed by atoms with Crippen LogP contribution in [-0.4, -0.2) is 38.5 Å². The fraction of sp³-hybridized carbons (Fsp3) is 0.192. The lowest BCUT2D eigenvalue weighted by molar-refractivity contribution is -0.119. The third kappa shape index (κ3) is 3.42. The minimum absolute atomic E-state index is 0.0262. The number of amides is 1. The summed E-state index contributed by atoms with van der Waals surface area (Å²) in [5.74, 6) is 0.248. The summed E-state index contributed by atoms with van der Waals surface area (Å²) in [6.45, 7) is 0. The van der Waals surface area contributed by atoms with Crippen molar-refractivity contribution in [2.75, 3.05) is 23.8 Å². The number of rotatable bonds is 5. The Labute approximate surface area is 212 Å². The molecule has 182 valence electrons. The number of methoxy groups -OCH3 is 1. The molecule has 1 aliphatic carbocycles. The maximum atomic E-state index is 13.0. The molecule has 10 heteroatoms. The summed E-state index contributed by atoms with van der Waals surface area (Å²) in [7, 11) is -0.725. The second-order valence-corrected chi connectivity index (χ2v) is 11.2. The Morgan fingerprint density at radius 3 is 2.58 bits per heavy atom. The van der Waals surface area contributed by atoms with Crippen LogP contribution in [0.4, 0.5) is 11.4 Å². The molecule has 2 aromatic heterocycles. The van der Waals surface area contributed by atoms with E-state index in [2.05, 4.69) is 14.7 Å². The summed E-state index contributed by atoms with van der Waals surface area (Å²) in [6.07, 6.45) is 5.04. The number of benzene rings is 2. The van der Waals surface area contributed by atoms with Gasteiger partial charge in [-0.1, -0.05) is 23.7 Å². The molecule has 4 aromatic rings. The lowest BCUT2D eigenvalue weighted by atomic mass is 9.92. The zero-order chi connectivity index (χ0) is 25.2. The smallest absolute Gasteiger partial charge is 0.262 e. The van der Waals surface area contributed by atoms with E-state index in [4.69, 9.17) is 16.3 Å². The van der Waals surface area contributed by atoms with Gasteiger partial charge in [-0.05, 0) is 54.8 Å². The van der Waals surface area contributed by atoms with E-state index in [0.29, 0.717) is 10.6 Å². The number of likely N-dealkylation sites (N-methyl/N-ethyl adjacent to an activating group) is 1. The predicted octanol–water partition coefficient (Wildman–Crippen LogP) is 4.77. The van der Waals surface area contributed by atoms with Gasteiger partial charge in [0.15, 0.2) is 0 Å². The summed E-state index contributed by atoms with van der Waals surface area (Å²) in [5, 5.41) is 1.23. The highest BCUT2D eigenvalue weighted by Gasteiger charge is 2.59. The molecule has 8 nitrogen and oxygen atoms in total. The Balaban J connectivity index is 1.45. The van der Waals surface area contributed by atoms with E-state index in [1.165, 1.54) is 19.2 Å². The number of hydrogen-bond acceptors (Lipinski definition) is 6. The maximum absolute atomic E-state index is 13.0. The van der Waals surface area contributed by atoms with Crippen LogP contribution in [-0.2, 0) is 20.2 Å². The fourth-order valence-electron chi connectivity index (χ4n) is 4.93. The van der Waals surface area contributed by atoms with Crippen LogP contribution in [0.15, 0.2) is 65.8 Å². The van der Waals surface area contributed by atoms with Gasteiger partial charge in [-0.2, -0.15) is 0 Å². The van der Waals surface area contributed by atoms with Gasteiger partial charge in [-0.15, -0.1) is 0 Å². The molecule has 0 unspecified atom stereocenters. The van der Waals surface area contributed by atoms with Gasteiger partial charge in [0.1, 0.15) is 5.69 Å². The number of halogens is 1. The zero-order valence-corrected chi connectivity index (χ0v) is 21.0. The number of nitrogens with one attached hydrogen (secondary N) is 1. The molecular formula is C26H21ClN4O4S. The Morgan fingerprint density at radius 2 is 1.86 bits per heavy atom. The van der Waals surface area contributed by atoms with Crippen molar-refractivity contribution in [3.8, 4) is 17.0 Å². The van der Waals surface area contributed by atoms with E-state index in [1.807, 2.05) is 18.2 Å². The quantitative estimate of drug-likeness (QED) is 0.407. The minimum atomic E-state index is -3.94. The topological polar surface area (TPSA) is 101 Å². The van der Waals surface area contributed by atoms with Crippen molar-refractivity contribution in [1.29, 1.82) is 0 Å². The second-order valence-electron chi connectivity index (χ2n) is 9.04. The highest BCUT2D eigenvalue weighted by Crippen LogP contribution is 2.58. The maximum Gasteiger partial charge on any atom is 0.262 e. The summed E-state index contributed by atoms with van der Waals surface area (Å²) >= 11 is 5.99. The van der Waals surface area contributed by atoms with E-state index >= 15 is 0 Å². The van der Waals surface area contributed by atoms with Crippen molar-refractivity contribution in [1.82, 2.24) is 9.97 Å². The van der Waals surface area contributed by atoms with Gasteiger partial charge in [-0.25, -0.2) is 13.4 Å². The Morgan fingerprint density at radius 1 is 1.06 bits per heavy atom. The molecule has 1 aliphatic heterocycles. The standard InChI is InChI=1S/C26H21ClN4O4S/c1-31-22-14-28-20-7-6-15(10-19(20)23(22)26(8-9-26)25(31)32)16-11-21(24(35-2)29-13-16)30-36(33,34)18-5-3-4-17(27)12-18/h3-7,10-14,30H,8-9H2,1-2H3. The van der Waals surface area contributed by atoms with Crippen LogP contribution in [0.25, 0.3) is 22.0 Å². The largest absolute Gasteiger partial charge is 0.480 e. The zero-order valence-electron chi connectivity index (χ0n) is 19.4. The van der Waals surface area contributed by atoms with E-state index in [9.17, 15) is 13.2 Å². The summed E-state index contributed by atoms with van der Waals surface area (Å²) in [4.78, 5) is 23.6. The molecule has 0 bridgehead atoms. The van der Waals surface area contributed by atoms with Crippen LogP contribution in [0.2, 0.25) is 5.02 Å². The number of anilines is 2. The SMILES string of the molecule is COc1ncc(-c2ccc3ncc4c(c3c2)C2(CC2)C(=O)N4C)cc1NS(=O)(=O)c1cccc(Cl)c1. The highest BCUT2D eigenvalue weighted by molar-refractivity contribution is 7.92. The third-order valence-corrected chi connectivity index (χ3v) is 8.48. The summed E-state index contributed by atoms with van der Waals surface area (Å²) in [5.41, 5.74) is 3.89. The molecule has 1 spiro atoms. The first-order chi connectivity index (χ1) is 17.2. The molecule has 36 heavy (non-hydrogen) atoms. The van der Waals surface area contributed by atoms with Crippen molar-refractivity contribution in [3.63, 3.8) is 0 Å². The van der Waals surface area contributed by atoms with Crippen LogP contribution < -0.4 is 14.4 Å². The highest BCUT2D eigenvalue weighted by atomic mass is 35.5. The van der Waals surface area contributed by atoms with E-state index in [-0.39, 0.29) is 22.4 Å². The Hall–Kier alpha value is -3.69. The van der Waals surface area contributed by atoms with Crippen LogP contribution >= 0.6 is 11.6 Å². The predicted molar refractivity (Wildman–Crippen MR) is 138 cm³/mol. The van der Waals surface area contributed by atoms with Crippen molar-refractivity contribution in [2.45, 2.75) is 23.2 Å². The molecule has 0 atom stereocenters. The number of ether oxygens (including phenoxy) is 1. The summed E-state index contributed by atoms with van der Waals surface area (Å²) < 4.78 is 33.9. The summed E-state index contributed by atoms with van der Waals surface area (Å²) in [6, 6.07) is 13.5. The first-order valence-corrected chi connectivity index (χ1v) is 13.1. The number of carbonyl (C=O) groups is 1. The molecular weight excluding hydrogens is 500 g/mol. The van der Waals surface area contributed by atoms with E-state index < -0.39 is 15.4 Å². The molecule has 1 N–H and O–H groups in total. The normalized spacial score (nSPS) is 15.9. The molecule has 1 amide bonds. The monoisotopic (exact) mass is 520 g/mol. The molecule has 0 radical (unpaired) electrons. The van der Waals surface area contributed by atoms with Gasteiger partial charge >= 0.3 is 0 Å². The number of sulfonamides is 1. The number of hydrogen-bond donors (Lipinski definition) is 1. The van der Waals surface area contributed by atoms with Crippen LogP contribution in [0.3, 0.4) is 0 Å². The number of fused-ring (bicyclic) bond motifs is 4. The van der Waals surface area contributed by atoms with Crippen molar-refractivity contribution < 1.29 is 17.9 Å². The second kappa shape index (κ2) is 7.91. The minimum Gasteiger partial charge on any atom is -0.480 e. The first-order valence-electron chi connectivity index (χ1n) is 11.3. The molecule has 6 rings (SSSR count). The van der Waals surface area contributed by atoms with E-state index in [1.54, 1.807) is 42.5 Å². The van der Waals surface area contributed by atoms with Crippen molar-refractivity contribution in [3.05, 3.63) is 71.5 Å². The molecule has 2 aromatic carbocycles. The van der Waals surface area contributed by atoms with Gasteiger partial charge in [0, 0.05) is 34.8 Å². The van der Waals surface area contributed by atoms with Gasteiger partial charge in [0.25, 0.3) is 10.0 Å². The average Bonchev–Trinajstić information content (AvgIpc) is 3.64. The fourth-order valence-corrected chi connectivity index (χ4v) is 6.28. The van der Waals surface area contributed by atoms with Gasteiger partial charge in [0.2, 0.25) is 11.8 Å². The molecule has 1 fully saturated rings.